The van der Waals surface area contributed by atoms with Crippen LogP contribution in [0.15, 0.2) is 36.9 Å². The second-order valence-corrected chi connectivity index (χ2v) is 7.47. The van der Waals surface area contributed by atoms with Gasteiger partial charge >= 0.3 is 6.18 Å². The van der Waals surface area contributed by atoms with Crippen molar-refractivity contribution in [2.75, 3.05) is 18.6 Å². The van der Waals surface area contributed by atoms with Crippen LogP contribution in [0, 0.1) is 6.92 Å². The summed E-state index contributed by atoms with van der Waals surface area (Å²) in [4.78, 5) is 22.9. The van der Waals surface area contributed by atoms with E-state index in [-0.39, 0.29) is 22.7 Å². The number of alkyl halides is 5. The van der Waals surface area contributed by atoms with Crippen LogP contribution < -0.4 is 9.64 Å². The molecule has 1 aliphatic heterocycles. The smallest absolute Gasteiger partial charge is 0.408 e. The van der Waals surface area contributed by atoms with Crippen LogP contribution in [0.1, 0.15) is 27.8 Å². The van der Waals surface area contributed by atoms with E-state index in [1.54, 1.807) is 13.0 Å². The Labute approximate surface area is 189 Å². The number of pyridine rings is 2. The third-order valence-corrected chi connectivity index (χ3v) is 4.99. The number of aryl methyl sites for hydroxylation is 1. The van der Waals surface area contributed by atoms with Crippen LogP contribution in [0.2, 0.25) is 0 Å². The second-order valence-electron chi connectivity index (χ2n) is 7.47. The fraction of sp³-hybridized carbons (Fsp3) is 0.333. The molecule has 1 amide bonds. The largest absolute Gasteiger partial charge is 0.486 e. The van der Waals surface area contributed by atoms with E-state index in [0.29, 0.717) is 21.5 Å². The first-order valence-corrected chi connectivity index (χ1v) is 9.91. The number of aromatic nitrogens is 4. The molecule has 0 unspecified atom stereocenters. The molecule has 3 aromatic rings. The Kier molecular flexibility index (Phi) is 6.21. The fourth-order valence-corrected chi connectivity index (χ4v) is 3.67. The summed E-state index contributed by atoms with van der Waals surface area (Å²) in [6.45, 7) is -0.424. The zero-order valence-electron chi connectivity index (χ0n) is 17.9. The Bertz CT molecular complexity index is 1210. The van der Waals surface area contributed by atoms with E-state index < -0.39 is 37.9 Å². The molecule has 13 heteroatoms. The van der Waals surface area contributed by atoms with Gasteiger partial charge in [-0.2, -0.15) is 18.3 Å². The zero-order valence-corrected chi connectivity index (χ0v) is 17.9. The lowest BCUT2D eigenvalue weighted by atomic mass is 10.0. The molecule has 0 spiro atoms. The van der Waals surface area contributed by atoms with Gasteiger partial charge in [0.05, 0.1) is 29.3 Å². The topological polar surface area (TPSA) is 82.4 Å². The number of anilines is 1. The summed E-state index contributed by atoms with van der Waals surface area (Å²) < 4.78 is 74.2. The predicted octanol–water partition coefficient (Wildman–Crippen LogP) is 4.16. The molecule has 0 radical (unpaired) electrons. The number of methoxy groups -OCH3 is 1. The van der Waals surface area contributed by atoms with E-state index in [1.807, 2.05) is 0 Å². The Hall–Kier alpha value is -3.61. The first-order valence-electron chi connectivity index (χ1n) is 9.91. The van der Waals surface area contributed by atoms with Gasteiger partial charge in [-0.15, -0.1) is 0 Å². The van der Waals surface area contributed by atoms with Crippen LogP contribution in [0.4, 0.5) is 27.6 Å². The number of nitrogens with zero attached hydrogens (tertiary/aromatic N) is 5. The second kappa shape index (κ2) is 8.97. The van der Waals surface area contributed by atoms with Gasteiger partial charge in [-0.05, 0) is 24.6 Å². The standard InChI is InChI=1S/C21H18F5N5O3/c1-11-3-15(12-4-14(7-27-5-12)34-9-16(22)23)29-18-17(11)19(32)31(20(18)33-2)13-6-28-30(8-13)10-21(24,25)26/h3-8,16,20H,9-10H2,1-2H3/t20-/m1/s1. The van der Waals surface area contributed by atoms with Gasteiger partial charge in [0.2, 0.25) is 0 Å². The molecular formula is C21H18F5N5O3. The summed E-state index contributed by atoms with van der Waals surface area (Å²) in [5.41, 5.74) is 1.99. The highest BCUT2D eigenvalue weighted by molar-refractivity contribution is 6.11. The number of carbonyl (C=O) groups excluding carboxylic acids is 1. The van der Waals surface area contributed by atoms with Crippen molar-refractivity contribution in [1.29, 1.82) is 0 Å². The maximum absolute atomic E-state index is 13.2. The summed E-state index contributed by atoms with van der Waals surface area (Å²) in [6, 6.07) is 3.11. The monoisotopic (exact) mass is 483 g/mol. The van der Waals surface area contributed by atoms with Crippen LogP contribution in [-0.2, 0) is 11.3 Å². The molecule has 180 valence electrons. The van der Waals surface area contributed by atoms with E-state index >= 15 is 0 Å². The summed E-state index contributed by atoms with van der Waals surface area (Å²) in [6.07, 6.45) is -3.15. The van der Waals surface area contributed by atoms with Crippen molar-refractivity contribution in [2.24, 2.45) is 0 Å². The first kappa shape index (κ1) is 23.5. The number of fused-ring (bicyclic) bond motifs is 1. The molecule has 3 aromatic heterocycles. The maximum Gasteiger partial charge on any atom is 0.408 e. The van der Waals surface area contributed by atoms with E-state index in [1.165, 1.54) is 30.5 Å². The van der Waals surface area contributed by atoms with Crippen molar-refractivity contribution in [3.63, 3.8) is 0 Å². The minimum absolute atomic E-state index is 0.115. The Morgan fingerprint density at radius 2 is 1.94 bits per heavy atom. The highest BCUT2D eigenvalue weighted by Gasteiger charge is 2.42. The average Bonchev–Trinajstić information content (AvgIpc) is 3.32. The lowest BCUT2D eigenvalue weighted by Crippen LogP contribution is -2.28. The minimum Gasteiger partial charge on any atom is -0.486 e. The molecule has 8 nitrogen and oxygen atoms in total. The van der Waals surface area contributed by atoms with E-state index in [0.717, 1.165) is 12.4 Å². The summed E-state index contributed by atoms with van der Waals surface area (Å²) >= 11 is 0. The van der Waals surface area contributed by atoms with E-state index in [9.17, 15) is 26.7 Å². The molecule has 34 heavy (non-hydrogen) atoms. The molecule has 0 saturated carbocycles. The number of rotatable bonds is 7. The lowest BCUT2D eigenvalue weighted by Gasteiger charge is -2.21. The number of ether oxygens (including phenoxy) is 2. The Morgan fingerprint density at radius 3 is 2.62 bits per heavy atom. The van der Waals surface area contributed by atoms with Gasteiger partial charge in [0.15, 0.2) is 6.23 Å². The van der Waals surface area contributed by atoms with Gasteiger partial charge in [0, 0.05) is 25.1 Å². The van der Waals surface area contributed by atoms with Gasteiger partial charge in [0.1, 0.15) is 24.6 Å². The SMILES string of the molecule is CO[C@@H]1c2nc(-c3cncc(OCC(F)F)c3)cc(C)c2C(=O)N1c1cnn(CC(F)(F)F)c1. The van der Waals surface area contributed by atoms with Gasteiger partial charge in [-0.1, -0.05) is 0 Å². The summed E-state index contributed by atoms with van der Waals surface area (Å²) in [5.74, 6) is -0.382. The van der Waals surface area contributed by atoms with Gasteiger partial charge in [0.25, 0.3) is 12.3 Å². The molecule has 0 fully saturated rings. The molecule has 1 aliphatic rings. The number of hydrogen-bond donors (Lipinski definition) is 0. The zero-order chi connectivity index (χ0) is 24.6. The Morgan fingerprint density at radius 1 is 1.18 bits per heavy atom. The molecule has 1 atom stereocenters. The van der Waals surface area contributed by atoms with Gasteiger partial charge in [-0.3, -0.25) is 19.4 Å². The highest BCUT2D eigenvalue weighted by Crippen LogP contribution is 2.39. The Balaban J connectivity index is 1.69. The molecule has 4 rings (SSSR count). The molecular weight excluding hydrogens is 465 g/mol. The van der Waals surface area contributed by atoms with Crippen LogP contribution in [0.3, 0.4) is 0 Å². The number of carbonyl (C=O) groups is 1. The third-order valence-electron chi connectivity index (χ3n) is 4.99. The van der Waals surface area contributed by atoms with Gasteiger partial charge in [-0.25, -0.2) is 13.8 Å². The molecule has 0 aliphatic carbocycles. The van der Waals surface area contributed by atoms with Crippen LogP contribution in [-0.4, -0.2) is 52.0 Å². The predicted molar refractivity (Wildman–Crippen MR) is 109 cm³/mol. The maximum atomic E-state index is 13.2. The van der Waals surface area contributed by atoms with Crippen molar-refractivity contribution in [1.82, 2.24) is 19.7 Å². The number of hydrogen-bond acceptors (Lipinski definition) is 6. The van der Waals surface area contributed by atoms with E-state index in [4.69, 9.17) is 9.47 Å². The lowest BCUT2D eigenvalue weighted by molar-refractivity contribution is -0.142. The van der Waals surface area contributed by atoms with Crippen LogP contribution >= 0.6 is 0 Å². The average molecular weight is 483 g/mol. The van der Waals surface area contributed by atoms with Crippen molar-refractivity contribution in [3.05, 3.63) is 53.7 Å². The van der Waals surface area contributed by atoms with Gasteiger partial charge < -0.3 is 9.47 Å². The summed E-state index contributed by atoms with van der Waals surface area (Å²) in [5, 5.41) is 3.69. The molecule has 0 saturated heterocycles. The number of amides is 1. The van der Waals surface area contributed by atoms with Crippen LogP contribution in [0.25, 0.3) is 11.3 Å². The minimum atomic E-state index is -4.48. The quantitative estimate of drug-likeness (QED) is 0.470. The molecule has 0 N–H and O–H groups in total. The van der Waals surface area contributed by atoms with Crippen molar-refractivity contribution < 1.29 is 36.2 Å². The van der Waals surface area contributed by atoms with Crippen molar-refractivity contribution >= 4 is 11.6 Å². The molecule has 0 aromatic carbocycles. The molecule has 0 bridgehead atoms. The third kappa shape index (κ3) is 4.69. The number of halogens is 5. The molecule has 4 heterocycles. The fourth-order valence-electron chi connectivity index (χ4n) is 3.67. The van der Waals surface area contributed by atoms with Crippen molar-refractivity contribution in [2.45, 2.75) is 32.3 Å². The highest BCUT2D eigenvalue weighted by atomic mass is 19.4. The van der Waals surface area contributed by atoms with Crippen molar-refractivity contribution in [3.8, 4) is 17.0 Å². The normalized spacial score (nSPS) is 15.8. The first-order chi connectivity index (χ1) is 16.1. The summed E-state index contributed by atoms with van der Waals surface area (Å²) in [7, 11) is 1.34. The van der Waals surface area contributed by atoms with E-state index in [2.05, 4.69) is 15.1 Å². The van der Waals surface area contributed by atoms with Crippen LogP contribution in [0.5, 0.6) is 5.75 Å².